The number of likely N-dealkylation sites (tertiary alicyclic amines) is 2. The highest BCUT2D eigenvalue weighted by molar-refractivity contribution is 4.84. The third-order valence-corrected chi connectivity index (χ3v) is 4.79. The van der Waals surface area contributed by atoms with Gasteiger partial charge in [0.1, 0.15) is 0 Å². The molecule has 0 saturated carbocycles. The smallest absolute Gasteiger partial charge is 0.0120 e. The summed E-state index contributed by atoms with van der Waals surface area (Å²) in [5.41, 5.74) is 0. The van der Waals surface area contributed by atoms with Gasteiger partial charge in [-0.25, -0.2) is 0 Å². The second kappa shape index (κ2) is 6.88. The first-order chi connectivity index (χ1) is 8.70. The van der Waals surface area contributed by atoms with Crippen molar-refractivity contribution in [2.75, 3.05) is 39.8 Å². The lowest BCUT2D eigenvalue weighted by Gasteiger charge is -2.43. The minimum absolute atomic E-state index is 0.726. The van der Waals surface area contributed by atoms with E-state index in [1.807, 2.05) is 0 Å². The maximum atomic E-state index is 3.35. The summed E-state index contributed by atoms with van der Waals surface area (Å²) in [6.07, 6.45) is 5.58. The van der Waals surface area contributed by atoms with E-state index in [9.17, 15) is 0 Å². The Bertz CT molecular complexity index is 232. The topological polar surface area (TPSA) is 18.5 Å². The normalized spacial score (nSPS) is 29.0. The molecule has 0 aromatic carbocycles. The van der Waals surface area contributed by atoms with Crippen LogP contribution in [0.15, 0.2) is 0 Å². The van der Waals surface area contributed by atoms with Gasteiger partial charge in [-0.2, -0.15) is 0 Å². The van der Waals surface area contributed by atoms with Gasteiger partial charge in [0.2, 0.25) is 0 Å². The third-order valence-electron chi connectivity index (χ3n) is 4.79. The van der Waals surface area contributed by atoms with Gasteiger partial charge in [-0.15, -0.1) is 0 Å². The molecular formula is C15H31N3. The molecule has 3 nitrogen and oxygen atoms in total. The van der Waals surface area contributed by atoms with E-state index in [1.54, 1.807) is 0 Å². The Labute approximate surface area is 113 Å². The molecule has 0 spiro atoms. The second-order valence-corrected chi connectivity index (χ2v) is 6.42. The molecule has 0 bridgehead atoms. The molecule has 3 heteroatoms. The van der Waals surface area contributed by atoms with Crippen LogP contribution in [0.2, 0.25) is 0 Å². The zero-order chi connectivity index (χ0) is 13.0. The van der Waals surface area contributed by atoms with E-state index in [0.29, 0.717) is 0 Å². The number of nitrogens with zero attached hydrogens (tertiary/aromatic N) is 2. The Balaban J connectivity index is 1.78. The first-order valence-electron chi connectivity index (χ1n) is 7.83. The van der Waals surface area contributed by atoms with Gasteiger partial charge in [-0.1, -0.05) is 0 Å². The summed E-state index contributed by atoms with van der Waals surface area (Å²) in [5, 5.41) is 3.35. The first kappa shape index (κ1) is 14.3. The van der Waals surface area contributed by atoms with Crippen LogP contribution in [0.25, 0.3) is 0 Å². The molecule has 18 heavy (non-hydrogen) atoms. The molecule has 0 aliphatic carbocycles. The van der Waals surface area contributed by atoms with Crippen molar-refractivity contribution < 1.29 is 0 Å². The Morgan fingerprint density at radius 1 is 1.11 bits per heavy atom. The van der Waals surface area contributed by atoms with E-state index in [-0.39, 0.29) is 0 Å². The SMILES string of the molecule is CNCC1CCCN(C2CCN(C(C)C)CC2)C1. The summed E-state index contributed by atoms with van der Waals surface area (Å²) >= 11 is 0. The lowest BCUT2D eigenvalue weighted by molar-refractivity contribution is 0.0622. The zero-order valence-electron chi connectivity index (χ0n) is 12.5. The summed E-state index contributed by atoms with van der Waals surface area (Å²) < 4.78 is 0. The molecule has 2 heterocycles. The average Bonchev–Trinajstić information content (AvgIpc) is 2.39. The van der Waals surface area contributed by atoms with Crippen molar-refractivity contribution in [1.29, 1.82) is 0 Å². The quantitative estimate of drug-likeness (QED) is 0.824. The maximum Gasteiger partial charge on any atom is 0.0120 e. The summed E-state index contributed by atoms with van der Waals surface area (Å²) in [4.78, 5) is 5.41. The summed E-state index contributed by atoms with van der Waals surface area (Å²) in [7, 11) is 2.08. The monoisotopic (exact) mass is 253 g/mol. The largest absolute Gasteiger partial charge is 0.319 e. The Hall–Kier alpha value is -0.120. The molecule has 2 rings (SSSR count). The van der Waals surface area contributed by atoms with Gasteiger partial charge in [-0.3, -0.25) is 4.90 Å². The van der Waals surface area contributed by atoms with E-state index in [2.05, 4.69) is 36.0 Å². The van der Waals surface area contributed by atoms with Crippen molar-refractivity contribution >= 4 is 0 Å². The number of hydrogen-bond donors (Lipinski definition) is 1. The van der Waals surface area contributed by atoms with Crippen LogP contribution in [-0.2, 0) is 0 Å². The molecule has 0 aromatic heterocycles. The van der Waals surface area contributed by atoms with Gasteiger partial charge in [0.05, 0.1) is 0 Å². The molecule has 2 aliphatic heterocycles. The molecule has 0 aromatic rings. The predicted molar refractivity (Wildman–Crippen MR) is 78.0 cm³/mol. The van der Waals surface area contributed by atoms with E-state index >= 15 is 0 Å². The fraction of sp³-hybridized carbons (Fsp3) is 1.00. The zero-order valence-corrected chi connectivity index (χ0v) is 12.5. The van der Waals surface area contributed by atoms with Gasteiger partial charge >= 0.3 is 0 Å². The molecule has 0 radical (unpaired) electrons. The predicted octanol–water partition coefficient (Wildman–Crippen LogP) is 1.79. The molecule has 0 amide bonds. The minimum Gasteiger partial charge on any atom is -0.319 e. The Morgan fingerprint density at radius 3 is 2.44 bits per heavy atom. The Kier molecular flexibility index (Phi) is 5.46. The molecule has 2 fully saturated rings. The molecule has 1 atom stereocenters. The van der Waals surface area contributed by atoms with Crippen molar-refractivity contribution in [2.45, 2.75) is 51.6 Å². The van der Waals surface area contributed by atoms with Crippen LogP contribution in [0.1, 0.15) is 39.5 Å². The van der Waals surface area contributed by atoms with Crippen LogP contribution in [0.4, 0.5) is 0 Å². The van der Waals surface area contributed by atoms with Crippen LogP contribution in [0.3, 0.4) is 0 Å². The lowest BCUT2D eigenvalue weighted by atomic mass is 9.93. The van der Waals surface area contributed by atoms with Gasteiger partial charge in [-0.05, 0) is 78.7 Å². The van der Waals surface area contributed by atoms with Crippen molar-refractivity contribution in [2.24, 2.45) is 5.92 Å². The number of nitrogens with one attached hydrogen (secondary N) is 1. The van der Waals surface area contributed by atoms with Crippen molar-refractivity contribution in [3.8, 4) is 0 Å². The highest BCUT2D eigenvalue weighted by Crippen LogP contribution is 2.24. The molecule has 106 valence electrons. The Morgan fingerprint density at radius 2 is 1.83 bits per heavy atom. The van der Waals surface area contributed by atoms with E-state index < -0.39 is 0 Å². The van der Waals surface area contributed by atoms with Gasteiger partial charge in [0.25, 0.3) is 0 Å². The summed E-state index contributed by atoms with van der Waals surface area (Å²) in [5.74, 6) is 0.881. The summed E-state index contributed by atoms with van der Waals surface area (Å²) in [6, 6.07) is 1.59. The van der Waals surface area contributed by atoms with Crippen LogP contribution < -0.4 is 5.32 Å². The lowest BCUT2D eigenvalue weighted by Crippen LogP contribution is -2.50. The fourth-order valence-electron chi connectivity index (χ4n) is 3.65. The summed E-state index contributed by atoms with van der Waals surface area (Å²) in [6.45, 7) is 11.1. The van der Waals surface area contributed by atoms with Gasteiger partial charge < -0.3 is 10.2 Å². The number of piperidine rings is 2. The van der Waals surface area contributed by atoms with Crippen LogP contribution in [0.5, 0.6) is 0 Å². The molecule has 1 N–H and O–H groups in total. The average molecular weight is 253 g/mol. The minimum atomic E-state index is 0.726. The van der Waals surface area contributed by atoms with E-state index in [4.69, 9.17) is 0 Å². The molecule has 2 aliphatic rings. The van der Waals surface area contributed by atoms with Crippen LogP contribution in [0, 0.1) is 5.92 Å². The highest BCUT2D eigenvalue weighted by atomic mass is 15.2. The third kappa shape index (κ3) is 3.69. The second-order valence-electron chi connectivity index (χ2n) is 6.42. The van der Waals surface area contributed by atoms with Gasteiger partial charge in [0.15, 0.2) is 0 Å². The molecule has 2 saturated heterocycles. The van der Waals surface area contributed by atoms with E-state index in [0.717, 1.165) is 18.0 Å². The highest BCUT2D eigenvalue weighted by Gasteiger charge is 2.28. The van der Waals surface area contributed by atoms with Crippen LogP contribution >= 0.6 is 0 Å². The standard InChI is InChI=1S/C15H31N3/c1-13(2)17-9-6-15(7-10-17)18-8-4-5-14(12-18)11-16-3/h13-16H,4-12H2,1-3H3. The maximum absolute atomic E-state index is 3.35. The van der Waals surface area contributed by atoms with Crippen LogP contribution in [-0.4, -0.2) is 61.7 Å². The van der Waals surface area contributed by atoms with E-state index in [1.165, 1.54) is 58.4 Å². The number of hydrogen-bond acceptors (Lipinski definition) is 3. The molecule has 1 unspecified atom stereocenters. The van der Waals surface area contributed by atoms with Crippen molar-refractivity contribution in [1.82, 2.24) is 15.1 Å². The number of rotatable bonds is 4. The van der Waals surface area contributed by atoms with Gasteiger partial charge in [0, 0.05) is 18.6 Å². The van der Waals surface area contributed by atoms with Crippen molar-refractivity contribution in [3.63, 3.8) is 0 Å². The molecular weight excluding hydrogens is 222 g/mol. The fourth-order valence-corrected chi connectivity index (χ4v) is 3.65. The first-order valence-corrected chi connectivity index (χ1v) is 7.83. The van der Waals surface area contributed by atoms with Crippen molar-refractivity contribution in [3.05, 3.63) is 0 Å².